The van der Waals surface area contributed by atoms with Gasteiger partial charge in [0.2, 0.25) is 0 Å². The summed E-state index contributed by atoms with van der Waals surface area (Å²) in [5, 5.41) is 25.3. The second-order valence-corrected chi connectivity index (χ2v) is 10.3. The maximum Gasteiger partial charge on any atom is 1.00 e. The average Bonchev–Trinajstić information content (AvgIpc) is 2.87. The number of carbonyl (C=O) groups excluding carboxylic acids is 1. The first-order valence-electron chi connectivity index (χ1n) is 11.2. The van der Waals surface area contributed by atoms with Gasteiger partial charge in [0, 0.05) is 10.9 Å². The van der Waals surface area contributed by atoms with Gasteiger partial charge in [-0.15, -0.1) is 5.11 Å². The van der Waals surface area contributed by atoms with Gasteiger partial charge in [-0.1, -0.05) is 59.3 Å². The van der Waals surface area contributed by atoms with Crippen LogP contribution in [-0.4, -0.2) is 25.5 Å². The second-order valence-electron chi connectivity index (χ2n) is 8.08. The predicted octanol–water partition coefficient (Wildman–Crippen LogP) is 3.85. The zero-order valence-corrected chi connectivity index (χ0v) is 25.4. The van der Waals surface area contributed by atoms with Gasteiger partial charge < -0.3 is 15.2 Å². The molecular weight excluding hydrogens is 576 g/mol. The maximum atomic E-state index is 13.4. The molecule has 196 valence electrons. The van der Waals surface area contributed by atoms with Crippen molar-refractivity contribution in [3.63, 3.8) is 0 Å². The number of azo groups is 1. The molecule has 4 aromatic rings. The first-order chi connectivity index (χ1) is 18.0. The third-order valence-corrected chi connectivity index (χ3v) is 7.21. The first-order valence-corrected chi connectivity index (χ1v) is 13.4. The molecule has 0 aliphatic heterocycles. The fourth-order valence-electron chi connectivity index (χ4n) is 3.69. The maximum absolute atomic E-state index is 13.4. The summed E-state index contributed by atoms with van der Waals surface area (Å²) in [6.07, 6.45) is 0. The molecule has 13 heteroatoms. The number of nitrogens with zero attached hydrogens (tertiary/aromatic N) is 2. The molecule has 4 aromatic carbocycles. The molecule has 4 rings (SSSR count). The van der Waals surface area contributed by atoms with E-state index in [1.165, 1.54) is 19.1 Å². The molecule has 0 unspecified atom stereocenters. The monoisotopic (exact) mass is 595 g/mol. The van der Waals surface area contributed by atoms with E-state index in [2.05, 4.69) is 15.5 Å². The number of anilines is 1. The van der Waals surface area contributed by atoms with Crippen LogP contribution in [0.2, 0.25) is 10.0 Å². The number of ether oxygens (including phenoxy) is 1. The Bertz CT molecular complexity index is 1710. The van der Waals surface area contributed by atoms with Crippen molar-refractivity contribution in [1.29, 1.82) is 0 Å². The number of aryl methyl sites for hydroxylation is 1. The van der Waals surface area contributed by atoms with Gasteiger partial charge >= 0.3 is 29.6 Å². The molecule has 0 atom stereocenters. The van der Waals surface area contributed by atoms with E-state index in [9.17, 15) is 22.9 Å². The van der Waals surface area contributed by atoms with Gasteiger partial charge in [0.1, 0.15) is 16.5 Å². The molecule has 0 saturated heterocycles. The Labute approximate surface area is 256 Å². The molecule has 0 aliphatic carbocycles. The number of hydrogen-bond acceptors (Lipinski definition) is 7. The largest absolute Gasteiger partial charge is 1.00 e. The van der Waals surface area contributed by atoms with Gasteiger partial charge in [0.15, 0.2) is 0 Å². The van der Waals surface area contributed by atoms with Gasteiger partial charge in [0.05, 0.1) is 27.9 Å². The molecule has 0 saturated carbocycles. The van der Waals surface area contributed by atoms with Crippen molar-refractivity contribution in [2.24, 2.45) is 10.2 Å². The van der Waals surface area contributed by atoms with Gasteiger partial charge in [-0.25, -0.2) is 0 Å². The molecule has 0 heterocycles. The summed E-state index contributed by atoms with van der Waals surface area (Å²) in [6.45, 7) is 3.70. The zero-order chi connectivity index (χ0) is 27.6. The smallest absolute Gasteiger partial charge is 0.870 e. The van der Waals surface area contributed by atoms with E-state index >= 15 is 0 Å². The molecule has 0 aromatic heterocycles. The van der Waals surface area contributed by atoms with Crippen molar-refractivity contribution in [3.05, 3.63) is 81.8 Å². The Morgan fingerprint density at radius 3 is 2.46 bits per heavy atom. The van der Waals surface area contributed by atoms with Gasteiger partial charge in [0.25, 0.3) is 16.0 Å². The normalized spacial score (nSPS) is 11.4. The van der Waals surface area contributed by atoms with E-state index in [0.717, 1.165) is 6.07 Å². The molecule has 0 fully saturated rings. The number of fused-ring (bicyclic) bond motifs is 1. The molecular formula is C26H20Cl2N3NaO6S. The minimum Gasteiger partial charge on any atom is -0.870 e. The third kappa shape index (κ3) is 6.72. The number of benzene rings is 4. The minimum absolute atomic E-state index is 0. The Morgan fingerprint density at radius 1 is 1.05 bits per heavy atom. The quantitative estimate of drug-likeness (QED) is 0.189. The molecule has 0 bridgehead atoms. The fraction of sp³-hybridized carbons (Fsp3) is 0.115. The van der Waals surface area contributed by atoms with E-state index in [-0.39, 0.29) is 62.2 Å². The van der Waals surface area contributed by atoms with Crippen LogP contribution in [-0.2, 0) is 10.1 Å². The summed E-state index contributed by atoms with van der Waals surface area (Å²) < 4.78 is 38.1. The van der Waals surface area contributed by atoms with Crippen molar-refractivity contribution in [3.8, 4) is 11.5 Å². The number of hydrogen-bond donors (Lipinski definition) is 2. The van der Waals surface area contributed by atoms with Crippen LogP contribution in [0.25, 0.3) is 10.8 Å². The number of nitrogens with one attached hydrogen (secondary N) is 1. The molecule has 0 aliphatic rings. The fourth-order valence-corrected chi connectivity index (χ4v) is 4.65. The van der Waals surface area contributed by atoms with Crippen LogP contribution in [0.3, 0.4) is 0 Å². The van der Waals surface area contributed by atoms with Crippen LogP contribution in [0.1, 0.15) is 22.8 Å². The van der Waals surface area contributed by atoms with Crippen molar-refractivity contribution < 1.29 is 57.2 Å². The zero-order valence-electron chi connectivity index (χ0n) is 21.0. The summed E-state index contributed by atoms with van der Waals surface area (Å²) in [5.41, 5.74) is 0.111. The number of carbonyl (C=O) groups is 1. The van der Waals surface area contributed by atoms with Crippen LogP contribution in [0.5, 0.6) is 11.5 Å². The number of halogens is 2. The van der Waals surface area contributed by atoms with Crippen LogP contribution in [0, 0.1) is 6.92 Å². The van der Waals surface area contributed by atoms with Crippen molar-refractivity contribution in [1.82, 2.24) is 0 Å². The van der Waals surface area contributed by atoms with Crippen molar-refractivity contribution in [2.75, 3.05) is 11.9 Å². The van der Waals surface area contributed by atoms with E-state index in [0.29, 0.717) is 28.7 Å². The Hall–Kier alpha value is -2.70. The Morgan fingerprint density at radius 2 is 1.77 bits per heavy atom. The second kappa shape index (κ2) is 12.6. The van der Waals surface area contributed by atoms with Crippen molar-refractivity contribution >= 4 is 67.1 Å². The molecule has 39 heavy (non-hydrogen) atoms. The van der Waals surface area contributed by atoms with Crippen LogP contribution in [0.15, 0.2) is 75.8 Å². The van der Waals surface area contributed by atoms with Gasteiger partial charge in [-0.05, 0) is 55.1 Å². The minimum atomic E-state index is -4.54. The average molecular weight is 596 g/mol. The summed E-state index contributed by atoms with van der Waals surface area (Å²) >= 11 is 12.6. The van der Waals surface area contributed by atoms with E-state index < -0.39 is 26.7 Å². The summed E-state index contributed by atoms with van der Waals surface area (Å²) in [7, 11) is -4.54. The molecule has 9 nitrogen and oxygen atoms in total. The van der Waals surface area contributed by atoms with E-state index in [1.54, 1.807) is 49.4 Å². The predicted molar refractivity (Wildman–Crippen MR) is 144 cm³/mol. The Kier molecular flexibility index (Phi) is 10.0. The van der Waals surface area contributed by atoms with Crippen molar-refractivity contribution in [2.45, 2.75) is 18.7 Å². The summed E-state index contributed by atoms with van der Waals surface area (Å²) in [5.74, 6) is -1.07. The van der Waals surface area contributed by atoms with Crippen LogP contribution < -0.4 is 44.7 Å². The summed E-state index contributed by atoms with van der Waals surface area (Å²) in [4.78, 5) is 12.8. The number of amides is 1. The van der Waals surface area contributed by atoms with Crippen LogP contribution >= 0.6 is 23.2 Å². The summed E-state index contributed by atoms with van der Waals surface area (Å²) in [6, 6.07) is 15.3. The molecule has 1 amide bonds. The topological polar surface area (TPSA) is 140 Å². The Balaban J connectivity index is 0.00000420. The molecule has 0 spiro atoms. The third-order valence-electron chi connectivity index (χ3n) is 5.50. The standard InChI is InChI=1S/C26H21Cl2N3O6S.Na/c1-3-37-21-10-6-9-19(23(21)28)29-26(33)18-12-15-7-4-5-8-17(15)24(25(18)32)31-30-20-13-16(38(34,35)36)11-14(2)22(20)27;/h4-13,32H,3H2,1-2H3,(H,29,33)(H,34,35,36);/q;+1/p-1. The first kappa shape index (κ1) is 30.8. The SMILES string of the molecule is CCOc1cccc(NC(=O)c2cc3ccccc3c(N=Nc3cc(S(=O)(=O)O)cc(C)c3Cl)c2[O-])c1Cl.[Na+]. The van der Waals surface area contributed by atoms with Gasteiger partial charge in [-0.3, -0.25) is 9.35 Å². The van der Waals surface area contributed by atoms with E-state index in [4.69, 9.17) is 27.9 Å². The van der Waals surface area contributed by atoms with Gasteiger partial charge in [-0.2, -0.15) is 13.5 Å². The number of rotatable bonds is 7. The van der Waals surface area contributed by atoms with E-state index in [1.807, 2.05) is 0 Å². The van der Waals surface area contributed by atoms with Crippen LogP contribution in [0.4, 0.5) is 17.1 Å². The molecule has 2 N–H and O–H groups in total. The molecule has 0 radical (unpaired) electrons.